The summed E-state index contributed by atoms with van der Waals surface area (Å²) in [7, 11) is 0. The maximum atomic E-state index is 12.8. The van der Waals surface area contributed by atoms with Crippen molar-refractivity contribution in [1.82, 2.24) is 4.90 Å². The van der Waals surface area contributed by atoms with E-state index in [9.17, 15) is 14.7 Å². The molecule has 1 atom stereocenters. The molecule has 6 nitrogen and oxygen atoms in total. The first-order chi connectivity index (χ1) is 13.6. The number of nitrogens with zero attached hydrogens (tertiary/aromatic N) is 1. The third-order valence-corrected chi connectivity index (χ3v) is 4.42. The number of hydrogen-bond donors (Lipinski definition) is 1. The molecule has 0 aliphatic carbocycles. The third-order valence-electron chi connectivity index (χ3n) is 4.42. The summed E-state index contributed by atoms with van der Waals surface area (Å²) in [6.07, 6.45) is 5.94. The molecule has 6 heteroatoms. The van der Waals surface area contributed by atoms with Crippen LogP contribution in [0.3, 0.4) is 0 Å². The van der Waals surface area contributed by atoms with Crippen molar-refractivity contribution in [3.8, 4) is 5.75 Å². The van der Waals surface area contributed by atoms with E-state index >= 15 is 0 Å². The van der Waals surface area contributed by atoms with E-state index in [0.29, 0.717) is 30.2 Å². The third kappa shape index (κ3) is 3.76. The maximum Gasteiger partial charge on any atom is 0.290 e. The van der Waals surface area contributed by atoms with Crippen LogP contribution in [0.4, 0.5) is 0 Å². The van der Waals surface area contributed by atoms with Crippen molar-refractivity contribution in [3.63, 3.8) is 0 Å². The topological polar surface area (TPSA) is 80.0 Å². The van der Waals surface area contributed by atoms with Gasteiger partial charge in [0, 0.05) is 6.54 Å². The van der Waals surface area contributed by atoms with Crippen molar-refractivity contribution < 1.29 is 23.8 Å². The minimum atomic E-state index is -0.667. The molecular weight excluding hydrogens is 358 g/mol. The highest BCUT2D eigenvalue weighted by atomic mass is 16.5. The fraction of sp³-hybridized carbons (Fsp3) is 0.182. The van der Waals surface area contributed by atoms with Crippen LogP contribution >= 0.6 is 0 Å². The number of aliphatic hydroxyl groups is 1. The van der Waals surface area contributed by atoms with E-state index in [1.807, 2.05) is 0 Å². The first-order valence-electron chi connectivity index (χ1n) is 8.90. The van der Waals surface area contributed by atoms with Gasteiger partial charge >= 0.3 is 0 Å². The van der Waals surface area contributed by atoms with E-state index in [4.69, 9.17) is 9.15 Å². The number of ether oxygens (including phenoxy) is 1. The normalized spacial score (nSPS) is 16.8. The predicted molar refractivity (Wildman–Crippen MR) is 105 cm³/mol. The average Bonchev–Trinajstić information content (AvgIpc) is 3.32. The minimum Gasteiger partial charge on any atom is -0.503 e. The van der Waals surface area contributed by atoms with Crippen LogP contribution < -0.4 is 4.74 Å². The van der Waals surface area contributed by atoms with Crippen LogP contribution in [0.2, 0.25) is 0 Å². The Labute approximate surface area is 163 Å². The Hall–Kier alpha value is -3.54. The second kappa shape index (κ2) is 8.43. The van der Waals surface area contributed by atoms with Gasteiger partial charge in [0.25, 0.3) is 5.91 Å². The SMILES string of the molecule is C=CCOc1ccc(C2C(C(=O)/C=C/c3ccco3)=C(O)C(=O)N2CC)cc1. The quantitative estimate of drug-likeness (QED) is 0.557. The molecule has 0 bridgehead atoms. The lowest BCUT2D eigenvalue weighted by molar-refractivity contribution is -0.129. The number of carbonyl (C=O) groups excluding carboxylic acids is 2. The molecule has 0 radical (unpaired) electrons. The zero-order valence-electron chi connectivity index (χ0n) is 15.5. The van der Waals surface area contributed by atoms with Crippen molar-refractivity contribution in [2.45, 2.75) is 13.0 Å². The lowest BCUT2D eigenvalue weighted by Crippen LogP contribution is -2.30. The Kier molecular flexibility index (Phi) is 5.79. The molecule has 1 aromatic carbocycles. The van der Waals surface area contributed by atoms with E-state index in [2.05, 4.69) is 6.58 Å². The summed E-state index contributed by atoms with van der Waals surface area (Å²) < 4.78 is 10.7. The molecule has 1 unspecified atom stereocenters. The van der Waals surface area contributed by atoms with Crippen LogP contribution in [0.15, 0.2) is 77.1 Å². The Morgan fingerprint density at radius 1 is 1.32 bits per heavy atom. The van der Waals surface area contributed by atoms with Gasteiger partial charge in [0.2, 0.25) is 0 Å². The molecule has 3 rings (SSSR count). The molecule has 1 aromatic heterocycles. The lowest BCUT2D eigenvalue weighted by Gasteiger charge is -2.25. The Morgan fingerprint density at radius 2 is 2.07 bits per heavy atom. The Balaban J connectivity index is 1.92. The van der Waals surface area contributed by atoms with E-state index < -0.39 is 23.5 Å². The van der Waals surface area contributed by atoms with Crippen molar-refractivity contribution in [3.05, 3.63) is 84.0 Å². The zero-order chi connectivity index (χ0) is 20.1. The minimum absolute atomic E-state index is 0.0504. The maximum absolute atomic E-state index is 12.8. The van der Waals surface area contributed by atoms with Crippen LogP contribution in [-0.2, 0) is 9.59 Å². The van der Waals surface area contributed by atoms with Crippen molar-refractivity contribution >= 4 is 17.8 Å². The van der Waals surface area contributed by atoms with E-state index in [0.717, 1.165) is 0 Å². The summed E-state index contributed by atoms with van der Waals surface area (Å²) in [5, 5.41) is 10.4. The highest BCUT2D eigenvalue weighted by Gasteiger charge is 2.42. The number of hydrogen-bond acceptors (Lipinski definition) is 5. The van der Waals surface area contributed by atoms with Crippen LogP contribution in [0.25, 0.3) is 6.08 Å². The summed E-state index contributed by atoms with van der Waals surface area (Å²) >= 11 is 0. The van der Waals surface area contributed by atoms with E-state index in [1.165, 1.54) is 23.3 Å². The van der Waals surface area contributed by atoms with E-state index in [1.54, 1.807) is 49.4 Å². The molecule has 0 spiro atoms. The van der Waals surface area contributed by atoms with Gasteiger partial charge in [0.15, 0.2) is 11.5 Å². The number of carbonyl (C=O) groups is 2. The molecule has 2 heterocycles. The molecule has 0 saturated heterocycles. The summed E-state index contributed by atoms with van der Waals surface area (Å²) in [5.74, 6) is -0.377. The van der Waals surface area contributed by atoms with Crippen molar-refractivity contribution in [1.29, 1.82) is 0 Å². The summed E-state index contributed by atoms with van der Waals surface area (Å²) in [6.45, 7) is 6.13. The number of aliphatic hydroxyl groups excluding tert-OH is 1. The molecule has 28 heavy (non-hydrogen) atoms. The van der Waals surface area contributed by atoms with E-state index in [-0.39, 0.29) is 5.57 Å². The van der Waals surface area contributed by atoms with Gasteiger partial charge in [-0.2, -0.15) is 0 Å². The van der Waals surface area contributed by atoms with Gasteiger partial charge in [0.1, 0.15) is 18.1 Å². The standard InChI is InChI=1S/C22H21NO5/c1-3-13-27-17-9-7-15(8-10-17)20-19(21(25)22(26)23(20)4-2)18(24)12-11-16-6-5-14-28-16/h3,5-12,14,20,25H,1,4,13H2,2H3/b12-11+. The number of rotatable bonds is 8. The monoisotopic (exact) mass is 379 g/mol. The summed E-state index contributed by atoms with van der Waals surface area (Å²) in [5.41, 5.74) is 0.759. The summed E-state index contributed by atoms with van der Waals surface area (Å²) in [4.78, 5) is 26.7. The van der Waals surface area contributed by atoms with Crippen LogP contribution in [0.5, 0.6) is 5.75 Å². The number of benzene rings is 1. The van der Waals surface area contributed by atoms with Gasteiger partial charge in [0.05, 0.1) is 17.9 Å². The molecule has 144 valence electrons. The van der Waals surface area contributed by atoms with Gasteiger partial charge in [-0.3, -0.25) is 9.59 Å². The van der Waals surface area contributed by atoms with Crippen LogP contribution in [0, 0.1) is 0 Å². The fourth-order valence-corrected chi connectivity index (χ4v) is 3.11. The second-order valence-corrected chi connectivity index (χ2v) is 6.14. The zero-order valence-corrected chi connectivity index (χ0v) is 15.5. The Bertz CT molecular complexity index is 922. The molecule has 1 amide bonds. The predicted octanol–water partition coefficient (Wildman–Crippen LogP) is 3.84. The molecule has 1 N–H and O–H groups in total. The first-order valence-corrected chi connectivity index (χ1v) is 8.90. The van der Waals surface area contributed by atoms with Gasteiger partial charge in [-0.05, 0) is 48.9 Å². The molecule has 1 aliphatic heterocycles. The van der Waals surface area contributed by atoms with Crippen LogP contribution in [0.1, 0.15) is 24.3 Å². The second-order valence-electron chi connectivity index (χ2n) is 6.14. The largest absolute Gasteiger partial charge is 0.503 e. The molecule has 0 saturated carbocycles. The highest BCUT2D eigenvalue weighted by molar-refractivity contribution is 6.14. The number of likely N-dealkylation sites (N-methyl/N-ethyl adjacent to an activating group) is 1. The number of amides is 1. The highest BCUT2D eigenvalue weighted by Crippen LogP contribution is 2.38. The average molecular weight is 379 g/mol. The van der Waals surface area contributed by atoms with Gasteiger partial charge in [-0.25, -0.2) is 0 Å². The fourth-order valence-electron chi connectivity index (χ4n) is 3.11. The van der Waals surface area contributed by atoms with Gasteiger partial charge in [-0.1, -0.05) is 24.8 Å². The Morgan fingerprint density at radius 3 is 2.68 bits per heavy atom. The number of allylic oxidation sites excluding steroid dienone is 1. The molecular formula is C22H21NO5. The van der Waals surface area contributed by atoms with Crippen molar-refractivity contribution in [2.75, 3.05) is 13.2 Å². The number of furan rings is 1. The molecule has 2 aromatic rings. The smallest absolute Gasteiger partial charge is 0.290 e. The summed E-state index contributed by atoms with van der Waals surface area (Å²) in [6, 6.07) is 9.82. The molecule has 1 aliphatic rings. The molecule has 0 fully saturated rings. The van der Waals surface area contributed by atoms with Crippen molar-refractivity contribution in [2.24, 2.45) is 0 Å². The van der Waals surface area contributed by atoms with Gasteiger partial charge < -0.3 is 19.2 Å². The van der Waals surface area contributed by atoms with Gasteiger partial charge in [-0.15, -0.1) is 0 Å². The lowest BCUT2D eigenvalue weighted by atomic mass is 9.95. The first kappa shape index (κ1) is 19.2. The number of ketones is 1. The van der Waals surface area contributed by atoms with Crippen LogP contribution in [-0.4, -0.2) is 34.8 Å².